The maximum atomic E-state index is 12.7. The van der Waals surface area contributed by atoms with Crippen LogP contribution in [-0.4, -0.2) is 13.4 Å². The van der Waals surface area contributed by atoms with Crippen LogP contribution in [0.3, 0.4) is 0 Å². The molecule has 0 atom stereocenters. The minimum atomic E-state index is -3.60. The molecule has 1 heterocycles. The lowest BCUT2D eigenvalue weighted by molar-refractivity contribution is 0.570. The van der Waals surface area contributed by atoms with Crippen molar-refractivity contribution in [1.82, 2.24) is 4.98 Å². The summed E-state index contributed by atoms with van der Waals surface area (Å²) in [4.78, 5) is 4.46. The highest BCUT2D eigenvalue weighted by molar-refractivity contribution is 7.91. The van der Waals surface area contributed by atoms with Gasteiger partial charge in [-0.15, -0.1) is 0 Å². The summed E-state index contributed by atoms with van der Waals surface area (Å²) >= 11 is 0. The molecule has 0 aliphatic heterocycles. The number of oxazole rings is 1. The lowest BCUT2D eigenvalue weighted by atomic mass is 10.2. The molecule has 100 valence electrons. The van der Waals surface area contributed by atoms with Crippen molar-refractivity contribution < 1.29 is 12.8 Å². The Labute approximate surface area is 116 Å². The Balaban J connectivity index is 2.21. The Morgan fingerprint density at radius 3 is 2.30 bits per heavy atom. The first kappa shape index (κ1) is 12.6. The summed E-state index contributed by atoms with van der Waals surface area (Å²) in [6.07, 6.45) is 2.91. The Hall–Kier alpha value is -2.40. The van der Waals surface area contributed by atoms with Crippen molar-refractivity contribution in [3.05, 3.63) is 67.1 Å². The molecule has 20 heavy (non-hydrogen) atoms. The van der Waals surface area contributed by atoms with E-state index in [-0.39, 0.29) is 9.79 Å². The van der Waals surface area contributed by atoms with E-state index in [1.54, 1.807) is 54.6 Å². The van der Waals surface area contributed by atoms with Crippen LogP contribution in [0.1, 0.15) is 0 Å². The summed E-state index contributed by atoms with van der Waals surface area (Å²) in [5, 5.41) is 0. The fourth-order valence-corrected chi connectivity index (χ4v) is 3.43. The van der Waals surface area contributed by atoms with E-state index in [0.29, 0.717) is 11.5 Å². The highest BCUT2D eigenvalue weighted by atomic mass is 32.2. The molecule has 3 aromatic rings. The van der Waals surface area contributed by atoms with E-state index in [0.717, 1.165) is 0 Å². The van der Waals surface area contributed by atoms with Crippen LogP contribution in [0.2, 0.25) is 0 Å². The molecule has 3 rings (SSSR count). The van der Waals surface area contributed by atoms with Crippen molar-refractivity contribution in [3.8, 4) is 11.5 Å². The predicted molar refractivity (Wildman–Crippen MR) is 73.8 cm³/mol. The summed E-state index contributed by atoms with van der Waals surface area (Å²) < 4.78 is 30.6. The molecule has 0 radical (unpaired) electrons. The number of aromatic nitrogens is 1. The van der Waals surface area contributed by atoms with Crippen LogP contribution in [0.5, 0.6) is 0 Å². The molecular weight excluding hydrogens is 274 g/mol. The molecule has 0 amide bonds. The van der Waals surface area contributed by atoms with Gasteiger partial charge in [-0.05, 0) is 24.3 Å². The van der Waals surface area contributed by atoms with Crippen LogP contribution < -0.4 is 0 Å². The summed E-state index contributed by atoms with van der Waals surface area (Å²) in [6, 6.07) is 15.0. The normalized spacial score (nSPS) is 11.4. The maximum absolute atomic E-state index is 12.7. The van der Waals surface area contributed by atoms with Gasteiger partial charge in [0.2, 0.25) is 15.7 Å². The Morgan fingerprint density at radius 2 is 1.60 bits per heavy atom. The van der Waals surface area contributed by atoms with Crippen LogP contribution >= 0.6 is 0 Å². The minimum absolute atomic E-state index is 0.189. The van der Waals surface area contributed by atoms with Crippen molar-refractivity contribution in [2.45, 2.75) is 9.79 Å². The molecule has 4 nitrogen and oxygen atoms in total. The highest BCUT2D eigenvalue weighted by Crippen LogP contribution is 2.30. The molecule has 0 N–H and O–H groups in total. The molecule has 0 saturated heterocycles. The lowest BCUT2D eigenvalue weighted by Gasteiger charge is -2.08. The summed E-state index contributed by atoms with van der Waals surface area (Å²) in [6.45, 7) is 0. The molecule has 2 aromatic carbocycles. The number of hydrogen-bond acceptors (Lipinski definition) is 4. The molecule has 0 bridgehead atoms. The molecule has 0 fully saturated rings. The fourth-order valence-electron chi connectivity index (χ4n) is 1.96. The van der Waals surface area contributed by atoms with Crippen molar-refractivity contribution in [2.24, 2.45) is 0 Å². The smallest absolute Gasteiger partial charge is 0.227 e. The summed E-state index contributed by atoms with van der Waals surface area (Å²) in [5.74, 6) is 0.292. The van der Waals surface area contributed by atoms with Gasteiger partial charge in [0, 0.05) is 0 Å². The van der Waals surface area contributed by atoms with Crippen molar-refractivity contribution in [1.29, 1.82) is 0 Å². The van der Waals surface area contributed by atoms with Gasteiger partial charge >= 0.3 is 0 Å². The molecule has 0 aliphatic carbocycles. The molecule has 0 spiro atoms. The number of sulfone groups is 1. The SMILES string of the molecule is O=S(=O)(c1ccccc1)c1ccccc1-c1ncco1. The first-order valence-corrected chi connectivity index (χ1v) is 7.47. The fraction of sp³-hybridized carbons (Fsp3) is 0. The van der Waals surface area contributed by atoms with E-state index in [4.69, 9.17) is 4.42 Å². The second-order valence-corrected chi connectivity index (χ2v) is 6.07. The average Bonchev–Trinajstić information content (AvgIpc) is 3.02. The van der Waals surface area contributed by atoms with Crippen LogP contribution in [0.15, 0.2) is 81.3 Å². The quantitative estimate of drug-likeness (QED) is 0.741. The van der Waals surface area contributed by atoms with Crippen molar-refractivity contribution in [2.75, 3.05) is 0 Å². The van der Waals surface area contributed by atoms with Crippen molar-refractivity contribution in [3.63, 3.8) is 0 Å². The molecular formula is C15H11NO3S. The second kappa shape index (κ2) is 4.94. The van der Waals surface area contributed by atoms with Gasteiger partial charge < -0.3 is 4.42 Å². The first-order valence-electron chi connectivity index (χ1n) is 5.98. The molecule has 0 saturated carbocycles. The van der Waals surface area contributed by atoms with Crippen LogP contribution in [0.25, 0.3) is 11.5 Å². The topological polar surface area (TPSA) is 60.2 Å². The number of nitrogens with zero attached hydrogens (tertiary/aromatic N) is 1. The van der Waals surface area contributed by atoms with E-state index in [1.807, 2.05) is 0 Å². The molecule has 5 heteroatoms. The van der Waals surface area contributed by atoms with Crippen LogP contribution in [0.4, 0.5) is 0 Å². The number of benzene rings is 2. The highest BCUT2D eigenvalue weighted by Gasteiger charge is 2.22. The Bertz CT molecular complexity index is 809. The maximum Gasteiger partial charge on any atom is 0.227 e. The van der Waals surface area contributed by atoms with Gasteiger partial charge in [-0.25, -0.2) is 13.4 Å². The van der Waals surface area contributed by atoms with Gasteiger partial charge in [0.15, 0.2) is 0 Å². The number of hydrogen-bond donors (Lipinski definition) is 0. The Morgan fingerprint density at radius 1 is 0.900 bits per heavy atom. The standard InChI is InChI=1S/C15H11NO3S/c17-20(18,12-6-2-1-3-7-12)14-9-5-4-8-13(14)15-16-10-11-19-15/h1-11H. The molecule has 0 aliphatic rings. The zero-order chi connectivity index (χ0) is 14.0. The van der Waals surface area contributed by atoms with Crippen LogP contribution in [0, 0.1) is 0 Å². The zero-order valence-corrected chi connectivity index (χ0v) is 11.2. The van der Waals surface area contributed by atoms with Gasteiger partial charge in [-0.1, -0.05) is 30.3 Å². The summed E-state index contributed by atoms with van der Waals surface area (Å²) in [7, 11) is -3.60. The molecule has 0 unspecified atom stereocenters. The predicted octanol–water partition coefficient (Wildman–Crippen LogP) is 3.17. The first-order chi connectivity index (χ1) is 9.69. The van der Waals surface area contributed by atoms with E-state index >= 15 is 0 Å². The lowest BCUT2D eigenvalue weighted by Crippen LogP contribution is -2.03. The third-order valence-electron chi connectivity index (χ3n) is 2.89. The van der Waals surface area contributed by atoms with Crippen LogP contribution in [-0.2, 0) is 9.84 Å². The third kappa shape index (κ3) is 2.12. The molecule has 1 aromatic heterocycles. The van der Waals surface area contributed by atoms with Gasteiger partial charge in [-0.3, -0.25) is 0 Å². The zero-order valence-electron chi connectivity index (χ0n) is 10.4. The largest absolute Gasteiger partial charge is 0.444 e. The Kier molecular flexibility index (Phi) is 3.12. The monoisotopic (exact) mass is 285 g/mol. The van der Waals surface area contributed by atoms with Gasteiger partial charge in [-0.2, -0.15) is 0 Å². The van der Waals surface area contributed by atoms with E-state index in [2.05, 4.69) is 4.98 Å². The average molecular weight is 285 g/mol. The third-order valence-corrected chi connectivity index (χ3v) is 4.72. The minimum Gasteiger partial charge on any atom is -0.444 e. The summed E-state index contributed by atoms with van der Waals surface area (Å²) in [5.41, 5.74) is 0.460. The second-order valence-electron chi connectivity index (χ2n) is 4.15. The van der Waals surface area contributed by atoms with E-state index in [1.165, 1.54) is 12.5 Å². The van der Waals surface area contributed by atoms with Gasteiger partial charge in [0.1, 0.15) is 6.26 Å². The van der Waals surface area contributed by atoms with Crippen molar-refractivity contribution >= 4 is 9.84 Å². The van der Waals surface area contributed by atoms with E-state index in [9.17, 15) is 8.42 Å². The van der Waals surface area contributed by atoms with E-state index < -0.39 is 9.84 Å². The number of rotatable bonds is 3. The van der Waals surface area contributed by atoms with Gasteiger partial charge in [0.25, 0.3) is 0 Å². The van der Waals surface area contributed by atoms with Gasteiger partial charge in [0.05, 0.1) is 21.6 Å².